The van der Waals surface area contributed by atoms with Gasteiger partial charge in [0.15, 0.2) is 0 Å². The first-order valence-corrected chi connectivity index (χ1v) is 6.20. The quantitative estimate of drug-likeness (QED) is 0.824. The van der Waals surface area contributed by atoms with Gasteiger partial charge in [0.1, 0.15) is 5.76 Å². The highest BCUT2D eigenvalue weighted by Crippen LogP contribution is 2.09. The lowest BCUT2D eigenvalue weighted by molar-refractivity contribution is 0.0845. The van der Waals surface area contributed by atoms with Crippen molar-refractivity contribution in [3.63, 3.8) is 0 Å². The second kappa shape index (κ2) is 5.61. The first kappa shape index (κ1) is 13.9. The van der Waals surface area contributed by atoms with Gasteiger partial charge in [0, 0.05) is 5.56 Å². The SMILES string of the molecule is Cc1cc(C)cc(C(=O)NNC(=O)c2ccoc2C)c1. The van der Waals surface area contributed by atoms with E-state index in [1.807, 2.05) is 19.9 Å². The standard InChI is InChI=1S/C15H16N2O3/c1-9-6-10(2)8-12(7-9)14(18)16-17-15(19)13-4-5-20-11(13)3/h4-8H,1-3H3,(H,16,18)(H,17,19). The summed E-state index contributed by atoms with van der Waals surface area (Å²) in [6.45, 7) is 5.51. The predicted octanol–water partition coefficient (Wildman–Crippen LogP) is 2.28. The molecule has 5 heteroatoms. The molecule has 104 valence electrons. The van der Waals surface area contributed by atoms with Gasteiger partial charge in [0.05, 0.1) is 11.8 Å². The van der Waals surface area contributed by atoms with Crippen LogP contribution < -0.4 is 10.9 Å². The third-order valence-corrected chi connectivity index (χ3v) is 2.88. The van der Waals surface area contributed by atoms with Crippen LogP contribution in [0.25, 0.3) is 0 Å². The first-order chi connectivity index (χ1) is 9.47. The van der Waals surface area contributed by atoms with Crippen molar-refractivity contribution in [1.82, 2.24) is 10.9 Å². The number of furan rings is 1. The Morgan fingerprint density at radius 3 is 2.10 bits per heavy atom. The van der Waals surface area contributed by atoms with Crippen LogP contribution in [0.5, 0.6) is 0 Å². The van der Waals surface area contributed by atoms with Crippen LogP contribution in [0.15, 0.2) is 34.9 Å². The molecule has 0 unspecified atom stereocenters. The summed E-state index contributed by atoms with van der Waals surface area (Å²) < 4.78 is 5.03. The molecule has 1 aromatic heterocycles. The number of hydrazine groups is 1. The van der Waals surface area contributed by atoms with Crippen molar-refractivity contribution in [2.24, 2.45) is 0 Å². The van der Waals surface area contributed by atoms with Crippen LogP contribution in [0, 0.1) is 20.8 Å². The van der Waals surface area contributed by atoms with Crippen LogP contribution in [0.4, 0.5) is 0 Å². The molecule has 0 aliphatic carbocycles. The van der Waals surface area contributed by atoms with Crippen LogP contribution in [-0.2, 0) is 0 Å². The van der Waals surface area contributed by atoms with Crippen LogP contribution in [-0.4, -0.2) is 11.8 Å². The first-order valence-electron chi connectivity index (χ1n) is 6.20. The molecule has 2 N–H and O–H groups in total. The summed E-state index contributed by atoms with van der Waals surface area (Å²) in [5.74, 6) is -0.261. The topological polar surface area (TPSA) is 71.3 Å². The van der Waals surface area contributed by atoms with Gasteiger partial charge in [-0.15, -0.1) is 0 Å². The zero-order valence-corrected chi connectivity index (χ0v) is 11.6. The average Bonchev–Trinajstić information content (AvgIpc) is 2.80. The molecule has 0 atom stereocenters. The molecule has 0 saturated heterocycles. The molecule has 1 heterocycles. The Morgan fingerprint density at radius 2 is 1.55 bits per heavy atom. The van der Waals surface area contributed by atoms with E-state index < -0.39 is 5.91 Å². The Kier molecular flexibility index (Phi) is 3.89. The summed E-state index contributed by atoms with van der Waals surface area (Å²) in [7, 11) is 0. The molecule has 1 aromatic carbocycles. The maximum absolute atomic E-state index is 12.0. The van der Waals surface area contributed by atoms with Crippen molar-refractivity contribution in [2.45, 2.75) is 20.8 Å². The molecular formula is C15H16N2O3. The third-order valence-electron chi connectivity index (χ3n) is 2.88. The summed E-state index contributed by atoms with van der Waals surface area (Å²) >= 11 is 0. The number of carbonyl (C=O) groups excluding carboxylic acids is 2. The van der Waals surface area contributed by atoms with E-state index in [2.05, 4.69) is 10.9 Å². The number of amides is 2. The highest BCUT2D eigenvalue weighted by molar-refractivity contribution is 5.99. The predicted molar refractivity (Wildman–Crippen MR) is 74.3 cm³/mol. The maximum atomic E-state index is 12.0. The van der Waals surface area contributed by atoms with Crippen molar-refractivity contribution in [3.05, 3.63) is 58.5 Å². The van der Waals surface area contributed by atoms with Crippen molar-refractivity contribution in [2.75, 3.05) is 0 Å². The Morgan fingerprint density at radius 1 is 0.950 bits per heavy atom. The summed E-state index contributed by atoms with van der Waals surface area (Å²) in [4.78, 5) is 23.8. The molecule has 0 spiro atoms. The van der Waals surface area contributed by atoms with E-state index in [0.29, 0.717) is 16.9 Å². The van der Waals surface area contributed by atoms with Gasteiger partial charge in [0.25, 0.3) is 11.8 Å². The third kappa shape index (κ3) is 3.06. The highest BCUT2D eigenvalue weighted by atomic mass is 16.3. The number of aryl methyl sites for hydroxylation is 3. The number of benzene rings is 1. The number of hydrogen-bond acceptors (Lipinski definition) is 3. The normalized spacial score (nSPS) is 10.2. The summed E-state index contributed by atoms with van der Waals surface area (Å²) in [5, 5.41) is 0. The lowest BCUT2D eigenvalue weighted by Crippen LogP contribution is -2.41. The molecule has 0 aliphatic heterocycles. The van der Waals surface area contributed by atoms with Crippen LogP contribution in [0.1, 0.15) is 37.6 Å². The van der Waals surface area contributed by atoms with Crippen LogP contribution >= 0.6 is 0 Å². The van der Waals surface area contributed by atoms with Gasteiger partial charge in [-0.1, -0.05) is 17.2 Å². The fourth-order valence-corrected chi connectivity index (χ4v) is 1.98. The van der Waals surface area contributed by atoms with E-state index in [0.717, 1.165) is 11.1 Å². The van der Waals surface area contributed by atoms with Crippen molar-refractivity contribution >= 4 is 11.8 Å². The molecule has 5 nitrogen and oxygen atoms in total. The molecule has 20 heavy (non-hydrogen) atoms. The number of hydrogen-bond donors (Lipinski definition) is 2. The molecular weight excluding hydrogens is 256 g/mol. The summed E-state index contributed by atoms with van der Waals surface area (Å²) in [6.07, 6.45) is 1.43. The van der Waals surface area contributed by atoms with Gasteiger partial charge < -0.3 is 4.42 Å². The molecule has 2 amide bonds. The van der Waals surface area contributed by atoms with Gasteiger partial charge in [0.2, 0.25) is 0 Å². The lowest BCUT2D eigenvalue weighted by Gasteiger charge is -2.08. The largest absolute Gasteiger partial charge is 0.469 e. The highest BCUT2D eigenvalue weighted by Gasteiger charge is 2.13. The Balaban J connectivity index is 2.02. The number of rotatable bonds is 2. The Hall–Kier alpha value is -2.56. The molecule has 0 aliphatic rings. The van der Waals surface area contributed by atoms with Crippen LogP contribution in [0.3, 0.4) is 0 Å². The minimum absolute atomic E-state index is 0.355. The van der Waals surface area contributed by atoms with Gasteiger partial charge in [-0.25, -0.2) is 0 Å². The fraction of sp³-hybridized carbons (Fsp3) is 0.200. The van der Waals surface area contributed by atoms with Crippen LogP contribution in [0.2, 0.25) is 0 Å². The summed E-state index contributed by atoms with van der Waals surface area (Å²) in [6, 6.07) is 7.05. The number of carbonyl (C=O) groups is 2. The van der Waals surface area contributed by atoms with E-state index in [1.165, 1.54) is 6.26 Å². The van der Waals surface area contributed by atoms with Gasteiger partial charge in [-0.3, -0.25) is 20.4 Å². The minimum Gasteiger partial charge on any atom is -0.469 e. The van der Waals surface area contributed by atoms with Crippen molar-refractivity contribution in [1.29, 1.82) is 0 Å². The lowest BCUT2D eigenvalue weighted by atomic mass is 10.1. The zero-order valence-electron chi connectivity index (χ0n) is 11.6. The van der Waals surface area contributed by atoms with Crippen molar-refractivity contribution in [3.8, 4) is 0 Å². The second-order valence-corrected chi connectivity index (χ2v) is 4.68. The Labute approximate surface area is 117 Å². The molecule has 0 fully saturated rings. The second-order valence-electron chi connectivity index (χ2n) is 4.68. The van der Waals surface area contributed by atoms with E-state index in [-0.39, 0.29) is 5.91 Å². The zero-order chi connectivity index (χ0) is 14.7. The summed E-state index contributed by atoms with van der Waals surface area (Å²) in [5.41, 5.74) is 7.64. The minimum atomic E-state index is -0.408. The van der Waals surface area contributed by atoms with Gasteiger partial charge in [-0.2, -0.15) is 0 Å². The Bertz CT molecular complexity index is 639. The molecule has 0 radical (unpaired) electrons. The van der Waals surface area contributed by atoms with E-state index in [1.54, 1.807) is 25.1 Å². The van der Waals surface area contributed by atoms with Crippen molar-refractivity contribution < 1.29 is 14.0 Å². The number of nitrogens with one attached hydrogen (secondary N) is 2. The van der Waals surface area contributed by atoms with E-state index in [9.17, 15) is 9.59 Å². The molecule has 2 rings (SSSR count). The van der Waals surface area contributed by atoms with E-state index in [4.69, 9.17) is 4.42 Å². The molecule has 0 saturated carbocycles. The van der Waals surface area contributed by atoms with Gasteiger partial charge in [-0.05, 0) is 39.0 Å². The van der Waals surface area contributed by atoms with E-state index >= 15 is 0 Å². The monoisotopic (exact) mass is 272 g/mol. The fourth-order valence-electron chi connectivity index (χ4n) is 1.98. The maximum Gasteiger partial charge on any atom is 0.273 e. The molecule has 2 aromatic rings. The van der Waals surface area contributed by atoms with Gasteiger partial charge >= 0.3 is 0 Å². The average molecular weight is 272 g/mol. The smallest absolute Gasteiger partial charge is 0.273 e. The molecule has 0 bridgehead atoms.